The minimum atomic E-state index is -0.824. The molecule has 0 saturated carbocycles. The van der Waals surface area contributed by atoms with Gasteiger partial charge in [-0.25, -0.2) is 0 Å². The summed E-state index contributed by atoms with van der Waals surface area (Å²) in [5.74, 6) is -0.174. The lowest BCUT2D eigenvalue weighted by Crippen LogP contribution is -2.49. The molecule has 1 heterocycles. The molecule has 0 aliphatic carbocycles. The maximum absolute atomic E-state index is 12.6. The highest BCUT2D eigenvalue weighted by Crippen LogP contribution is 2.34. The molecule has 1 aromatic carbocycles. The number of rotatable bonds is 3. The molecular weight excluding hydrogens is 408 g/mol. The Morgan fingerprint density at radius 3 is 2.60 bits per heavy atom. The third kappa shape index (κ3) is 3.21. The van der Waals surface area contributed by atoms with Crippen molar-refractivity contribution >= 4 is 60.7 Å². The van der Waals surface area contributed by atoms with E-state index in [1.54, 1.807) is 0 Å². The first kappa shape index (κ1) is 15.9. The van der Waals surface area contributed by atoms with Gasteiger partial charge in [0.15, 0.2) is 0 Å². The molecule has 2 rings (SSSR count). The second-order valence-corrected chi connectivity index (χ2v) is 6.85. The van der Waals surface area contributed by atoms with Crippen molar-refractivity contribution in [2.24, 2.45) is 11.1 Å². The number of carbonyl (C=O) groups excluding carboxylic acids is 1. The number of benzene rings is 1. The SMILES string of the molecule is NC(=S)C1(C(=O)Nc2cc(Br)ccc2Br)CCOCC1. The summed E-state index contributed by atoms with van der Waals surface area (Å²) < 4.78 is 6.99. The number of thiocarbonyl (C=S) groups is 1. The van der Waals surface area contributed by atoms with Crippen molar-refractivity contribution in [3.8, 4) is 0 Å². The quantitative estimate of drug-likeness (QED) is 0.735. The molecule has 1 aliphatic rings. The van der Waals surface area contributed by atoms with Gasteiger partial charge < -0.3 is 15.8 Å². The van der Waals surface area contributed by atoms with Gasteiger partial charge in [0.2, 0.25) is 5.91 Å². The summed E-state index contributed by atoms with van der Waals surface area (Å²) in [5.41, 5.74) is 5.68. The molecule has 1 aliphatic heterocycles. The molecule has 3 N–H and O–H groups in total. The largest absolute Gasteiger partial charge is 0.392 e. The lowest BCUT2D eigenvalue weighted by atomic mass is 9.79. The predicted molar refractivity (Wildman–Crippen MR) is 89.7 cm³/mol. The second kappa shape index (κ2) is 6.51. The average molecular weight is 422 g/mol. The lowest BCUT2D eigenvalue weighted by Gasteiger charge is -2.34. The van der Waals surface area contributed by atoms with E-state index in [0.717, 1.165) is 8.95 Å². The Morgan fingerprint density at radius 2 is 2.00 bits per heavy atom. The Bertz CT molecular complexity index is 545. The first-order chi connectivity index (χ1) is 9.45. The molecule has 0 aromatic heterocycles. The standard InChI is InChI=1S/C13H14Br2N2O2S/c14-8-1-2-9(15)10(7-8)17-12(18)13(11(16)20)3-5-19-6-4-13/h1-2,7H,3-6H2,(H2,16,20)(H,17,18). The van der Waals surface area contributed by atoms with E-state index in [1.807, 2.05) is 18.2 Å². The van der Waals surface area contributed by atoms with Crippen LogP contribution in [0, 0.1) is 5.41 Å². The lowest BCUT2D eigenvalue weighted by molar-refractivity contribution is -0.126. The van der Waals surface area contributed by atoms with Gasteiger partial charge >= 0.3 is 0 Å². The molecule has 1 saturated heterocycles. The summed E-state index contributed by atoms with van der Waals surface area (Å²) in [6.07, 6.45) is 1.03. The Labute approximate surface area is 139 Å². The summed E-state index contributed by atoms with van der Waals surface area (Å²) in [6.45, 7) is 0.981. The van der Waals surface area contributed by atoms with E-state index < -0.39 is 5.41 Å². The van der Waals surface area contributed by atoms with Crippen LogP contribution in [-0.4, -0.2) is 24.1 Å². The molecule has 20 heavy (non-hydrogen) atoms. The second-order valence-electron chi connectivity index (χ2n) is 4.64. The van der Waals surface area contributed by atoms with E-state index in [9.17, 15) is 4.79 Å². The monoisotopic (exact) mass is 420 g/mol. The number of carbonyl (C=O) groups is 1. The van der Waals surface area contributed by atoms with Gasteiger partial charge in [0.1, 0.15) is 5.41 Å². The summed E-state index contributed by atoms with van der Waals surface area (Å²) in [6, 6.07) is 5.57. The molecule has 1 fully saturated rings. The van der Waals surface area contributed by atoms with Crippen molar-refractivity contribution < 1.29 is 9.53 Å². The smallest absolute Gasteiger partial charge is 0.237 e. The van der Waals surface area contributed by atoms with Gasteiger partial charge in [-0.2, -0.15) is 0 Å². The molecule has 7 heteroatoms. The third-order valence-electron chi connectivity index (χ3n) is 3.43. The van der Waals surface area contributed by atoms with Gasteiger partial charge in [-0.1, -0.05) is 28.1 Å². The number of nitrogens with two attached hydrogens (primary N) is 1. The van der Waals surface area contributed by atoms with Crippen LogP contribution in [0.2, 0.25) is 0 Å². The average Bonchev–Trinajstić information content (AvgIpc) is 2.43. The van der Waals surface area contributed by atoms with E-state index in [1.165, 1.54) is 0 Å². The fourth-order valence-electron chi connectivity index (χ4n) is 2.14. The molecule has 0 spiro atoms. The first-order valence-corrected chi connectivity index (χ1v) is 8.09. The summed E-state index contributed by atoms with van der Waals surface area (Å²) >= 11 is 11.9. The van der Waals surface area contributed by atoms with Crippen molar-refractivity contribution in [1.29, 1.82) is 0 Å². The number of hydrogen-bond acceptors (Lipinski definition) is 3. The number of halogens is 2. The minimum absolute atomic E-state index is 0.174. The van der Waals surface area contributed by atoms with Gasteiger partial charge in [0.25, 0.3) is 0 Å². The highest BCUT2D eigenvalue weighted by atomic mass is 79.9. The van der Waals surface area contributed by atoms with Crippen LogP contribution in [0.4, 0.5) is 5.69 Å². The van der Waals surface area contributed by atoms with Crippen molar-refractivity contribution in [2.75, 3.05) is 18.5 Å². The summed E-state index contributed by atoms with van der Waals surface area (Å²) in [5, 5.41) is 2.90. The highest BCUT2D eigenvalue weighted by molar-refractivity contribution is 9.11. The van der Waals surface area contributed by atoms with Crippen LogP contribution in [0.5, 0.6) is 0 Å². The third-order valence-corrected chi connectivity index (χ3v) is 5.00. The molecule has 1 amide bonds. The molecule has 0 unspecified atom stereocenters. The van der Waals surface area contributed by atoms with Crippen LogP contribution in [0.15, 0.2) is 27.1 Å². The van der Waals surface area contributed by atoms with Crippen LogP contribution >= 0.6 is 44.1 Å². The Kier molecular flexibility index (Phi) is 5.17. The summed E-state index contributed by atoms with van der Waals surface area (Å²) in [7, 11) is 0. The molecule has 0 bridgehead atoms. The Hall–Kier alpha value is -0.500. The summed E-state index contributed by atoms with van der Waals surface area (Å²) in [4.78, 5) is 12.9. The van der Waals surface area contributed by atoms with Crippen LogP contribution in [0.3, 0.4) is 0 Å². The maximum Gasteiger partial charge on any atom is 0.237 e. The zero-order valence-electron chi connectivity index (χ0n) is 10.6. The zero-order chi connectivity index (χ0) is 14.8. The van der Waals surface area contributed by atoms with E-state index in [4.69, 9.17) is 22.7 Å². The van der Waals surface area contributed by atoms with Crippen LogP contribution in [-0.2, 0) is 9.53 Å². The minimum Gasteiger partial charge on any atom is -0.392 e. The number of nitrogens with one attached hydrogen (secondary N) is 1. The fourth-order valence-corrected chi connectivity index (χ4v) is 3.14. The molecule has 4 nitrogen and oxygen atoms in total. The van der Waals surface area contributed by atoms with Gasteiger partial charge in [-0.3, -0.25) is 4.79 Å². The molecule has 0 atom stereocenters. The van der Waals surface area contributed by atoms with Gasteiger partial charge in [-0.15, -0.1) is 0 Å². The maximum atomic E-state index is 12.6. The number of hydrogen-bond donors (Lipinski definition) is 2. The predicted octanol–water partition coefficient (Wildman–Crippen LogP) is 3.23. The van der Waals surface area contributed by atoms with Gasteiger partial charge in [0.05, 0.1) is 10.7 Å². The molecule has 108 valence electrons. The van der Waals surface area contributed by atoms with E-state index in [-0.39, 0.29) is 10.9 Å². The topological polar surface area (TPSA) is 64.4 Å². The van der Waals surface area contributed by atoms with E-state index >= 15 is 0 Å². The van der Waals surface area contributed by atoms with Crippen LogP contribution in [0.25, 0.3) is 0 Å². The zero-order valence-corrected chi connectivity index (χ0v) is 14.6. The molecule has 0 radical (unpaired) electrons. The molecular formula is C13H14Br2N2O2S. The van der Waals surface area contributed by atoms with Crippen molar-refractivity contribution in [2.45, 2.75) is 12.8 Å². The number of anilines is 1. The van der Waals surface area contributed by atoms with Gasteiger partial charge in [-0.05, 0) is 47.0 Å². The normalized spacial score (nSPS) is 17.5. The Morgan fingerprint density at radius 1 is 1.35 bits per heavy atom. The molecule has 1 aromatic rings. The highest BCUT2D eigenvalue weighted by Gasteiger charge is 2.43. The van der Waals surface area contributed by atoms with E-state index in [0.29, 0.717) is 31.7 Å². The first-order valence-electron chi connectivity index (χ1n) is 6.10. The van der Waals surface area contributed by atoms with E-state index in [2.05, 4.69) is 37.2 Å². The van der Waals surface area contributed by atoms with Crippen LogP contribution in [0.1, 0.15) is 12.8 Å². The number of ether oxygens (including phenoxy) is 1. The van der Waals surface area contributed by atoms with Crippen LogP contribution < -0.4 is 11.1 Å². The Balaban J connectivity index is 2.25. The van der Waals surface area contributed by atoms with Crippen molar-refractivity contribution in [3.05, 3.63) is 27.1 Å². The fraction of sp³-hybridized carbons (Fsp3) is 0.385. The number of amides is 1. The van der Waals surface area contributed by atoms with Crippen molar-refractivity contribution in [1.82, 2.24) is 0 Å². The van der Waals surface area contributed by atoms with Crippen molar-refractivity contribution in [3.63, 3.8) is 0 Å². The van der Waals surface area contributed by atoms with Gasteiger partial charge in [0, 0.05) is 22.2 Å².